The third-order valence-corrected chi connectivity index (χ3v) is 5.82. The van der Waals surface area contributed by atoms with E-state index in [0.29, 0.717) is 24.3 Å². The number of benzene rings is 1. The number of hydrogen-bond donors (Lipinski definition) is 1. The monoisotopic (exact) mass is 347 g/mol. The van der Waals surface area contributed by atoms with Crippen LogP contribution >= 0.6 is 12.4 Å². The predicted octanol–water partition coefficient (Wildman–Crippen LogP) is 2.82. The van der Waals surface area contributed by atoms with Gasteiger partial charge in [-0.3, -0.25) is 4.79 Å². The highest BCUT2D eigenvalue weighted by Crippen LogP contribution is 2.37. The molecule has 130 valence electrons. The fourth-order valence-electron chi connectivity index (χ4n) is 4.51. The average Bonchev–Trinajstić information content (AvgIpc) is 3.23. The second-order valence-electron chi connectivity index (χ2n) is 7.10. The van der Waals surface area contributed by atoms with E-state index in [1.54, 1.807) is 0 Å². The number of fused-ring (bicyclic) bond motifs is 2. The van der Waals surface area contributed by atoms with Crippen molar-refractivity contribution in [3.63, 3.8) is 0 Å². The zero-order chi connectivity index (χ0) is 16.0. The molecule has 24 heavy (non-hydrogen) atoms. The SMILES string of the molecule is CCn1cc(CC(=O)N2CC3CCC(N)C3C2)c2ccccc21.Cl. The van der Waals surface area contributed by atoms with Crippen LogP contribution in [0.1, 0.15) is 25.3 Å². The van der Waals surface area contributed by atoms with Gasteiger partial charge in [0, 0.05) is 42.8 Å². The number of amides is 1. The number of aryl methyl sites for hydroxylation is 1. The van der Waals surface area contributed by atoms with E-state index in [-0.39, 0.29) is 18.3 Å². The second kappa shape index (κ2) is 6.77. The van der Waals surface area contributed by atoms with Crippen molar-refractivity contribution < 1.29 is 4.79 Å². The summed E-state index contributed by atoms with van der Waals surface area (Å²) in [6, 6.07) is 8.66. The molecule has 0 bridgehead atoms. The van der Waals surface area contributed by atoms with Crippen molar-refractivity contribution in [2.24, 2.45) is 17.6 Å². The molecule has 1 aliphatic carbocycles. The van der Waals surface area contributed by atoms with Crippen LogP contribution in [0, 0.1) is 11.8 Å². The van der Waals surface area contributed by atoms with Gasteiger partial charge in [0.2, 0.25) is 5.91 Å². The molecule has 2 heterocycles. The lowest BCUT2D eigenvalue weighted by atomic mass is 9.98. The van der Waals surface area contributed by atoms with E-state index >= 15 is 0 Å². The molecule has 2 N–H and O–H groups in total. The molecule has 0 radical (unpaired) electrons. The first-order valence-electron chi connectivity index (χ1n) is 8.77. The van der Waals surface area contributed by atoms with Crippen LogP contribution in [0.5, 0.6) is 0 Å². The largest absolute Gasteiger partial charge is 0.347 e. The summed E-state index contributed by atoms with van der Waals surface area (Å²) >= 11 is 0. The van der Waals surface area contributed by atoms with Crippen LogP contribution in [-0.4, -0.2) is 34.5 Å². The highest BCUT2D eigenvalue weighted by atomic mass is 35.5. The summed E-state index contributed by atoms with van der Waals surface area (Å²) in [4.78, 5) is 14.8. The molecule has 2 aromatic rings. The average molecular weight is 348 g/mol. The number of aromatic nitrogens is 1. The summed E-state index contributed by atoms with van der Waals surface area (Å²) in [5.74, 6) is 1.41. The number of carbonyl (C=O) groups is 1. The van der Waals surface area contributed by atoms with Crippen molar-refractivity contribution in [3.05, 3.63) is 36.0 Å². The highest BCUT2D eigenvalue weighted by Gasteiger charge is 2.42. The van der Waals surface area contributed by atoms with Crippen molar-refractivity contribution in [3.8, 4) is 0 Å². The lowest BCUT2D eigenvalue weighted by Gasteiger charge is -2.18. The quantitative estimate of drug-likeness (QED) is 0.928. The van der Waals surface area contributed by atoms with E-state index in [1.807, 2.05) is 4.90 Å². The van der Waals surface area contributed by atoms with Gasteiger partial charge >= 0.3 is 0 Å². The van der Waals surface area contributed by atoms with Crippen LogP contribution < -0.4 is 5.73 Å². The molecule has 1 aromatic heterocycles. The predicted molar refractivity (Wildman–Crippen MR) is 99.3 cm³/mol. The van der Waals surface area contributed by atoms with E-state index in [2.05, 4.69) is 42.0 Å². The van der Waals surface area contributed by atoms with Crippen LogP contribution in [0.25, 0.3) is 10.9 Å². The van der Waals surface area contributed by atoms with E-state index in [4.69, 9.17) is 5.73 Å². The van der Waals surface area contributed by atoms with Crippen molar-refractivity contribution in [2.45, 2.75) is 38.8 Å². The van der Waals surface area contributed by atoms with Crippen molar-refractivity contribution >= 4 is 29.2 Å². The Kier molecular flexibility index (Phi) is 4.88. The fourth-order valence-corrected chi connectivity index (χ4v) is 4.51. The molecule has 4 nitrogen and oxygen atoms in total. The molecule has 2 fully saturated rings. The molecule has 1 aliphatic heterocycles. The van der Waals surface area contributed by atoms with Crippen LogP contribution in [0.15, 0.2) is 30.5 Å². The van der Waals surface area contributed by atoms with Gasteiger partial charge in [0.05, 0.1) is 6.42 Å². The Labute approximate surface area is 149 Å². The summed E-state index contributed by atoms with van der Waals surface area (Å²) in [5.41, 5.74) is 8.56. The lowest BCUT2D eigenvalue weighted by molar-refractivity contribution is -0.129. The molecule has 0 spiro atoms. The lowest BCUT2D eigenvalue weighted by Crippen LogP contribution is -2.34. The van der Waals surface area contributed by atoms with E-state index in [9.17, 15) is 4.79 Å². The topological polar surface area (TPSA) is 51.3 Å². The molecular formula is C19H26ClN3O. The van der Waals surface area contributed by atoms with Gasteiger partial charge in [-0.1, -0.05) is 18.2 Å². The number of carbonyl (C=O) groups excluding carboxylic acids is 1. The van der Waals surface area contributed by atoms with Crippen molar-refractivity contribution in [1.29, 1.82) is 0 Å². The van der Waals surface area contributed by atoms with Gasteiger partial charge in [-0.05, 0) is 43.2 Å². The minimum absolute atomic E-state index is 0. The van der Waals surface area contributed by atoms with Crippen LogP contribution in [0.2, 0.25) is 0 Å². The van der Waals surface area contributed by atoms with Gasteiger partial charge in [-0.15, -0.1) is 12.4 Å². The van der Waals surface area contributed by atoms with E-state index in [0.717, 1.165) is 31.6 Å². The third-order valence-electron chi connectivity index (χ3n) is 5.82. The van der Waals surface area contributed by atoms with Crippen molar-refractivity contribution in [1.82, 2.24) is 9.47 Å². The van der Waals surface area contributed by atoms with Crippen LogP contribution in [0.4, 0.5) is 0 Å². The van der Waals surface area contributed by atoms with E-state index in [1.165, 1.54) is 17.3 Å². The summed E-state index contributed by atoms with van der Waals surface area (Å²) in [7, 11) is 0. The summed E-state index contributed by atoms with van der Waals surface area (Å²) < 4.78 is 2.23. The van der Waals surface area contributed by atoms with E-state index < -0.39 is 0 Å². The second-order valence-corrected chi connectivity index (χ2v) is 7.10. The smallest absolute Gasteiger partial charge is 0.227 e. The number of nitrogens with two attached hydrogens (primary N) is 1. The van der Waals surface area contributed by atoms with Gasteiger partial charge in [0.1, 0.15) is 0 Å². The fraction of sp³-hybridized carbons (Fsp3) is 0.526. The molecule has 2 aliphatic rings. The zero-order valence-corrected chi connectivity index (χ0v) is 15.0. The first-order valence-corrected chi connectivity index (χ1v) is 8.77. The molecular weight excluding hydrogens is 322 g/mol. The number of hydrogen-bond acceptors (Lipinski definition) is 2. The minimum atomic E-state index is 0. The van der Waals surface area contributed by atoms with Gasteiger partial charge < -0.3 is 15.2 Å². The number of nitrogens with zero attached hydrogens (tertiary/aromatic N) is 2. The summed E-state index contributed by atoms with van der Waals surface area (Å²) in [5, 5.41) is 1.21. The maximum Gasteiger partial charge on any atom is 0.227 e. The normalized spacial score (nSPS) is 25.8. The Morgan fingerprint density at radius 3 is 2.79 bits per heavy atom. The number of likely N-dealkylation sites (tertiary alicyclic amines) is 1. The Balaban J connectivity index is 0.00000169. The Hall–Kier alpha value is -1.52. The maximum atomic E-state index is 12.8. The summed E-state index contributed by atoms with van der Waals surface area (Å²) in [6.07, 6.45) is 4.96. The Morgan fingerprint density at radius 2 is 2.04 bits per heavy atom. The summed E-state index contributed by atoms with van der Waals surface area (Å²) in [6.45, 7) is 4.83. The Morgan fingerprint density at radius 1 is 1.25 bits per heavy atom. The van der Waals surface area contributed by atoms with Gasteiger partial charge in [-0.2, -0.15) is 0 Å². The van der Waals surface area contributed by atoms with Crippen molar-refractivity contribution in [2.75, 3.05) is 13.1 Å². The minimum Gasteiger partial charge on any atom is -0.347 e. The molecule has 1 saturated carbocycles. The van der Waals surface area contributed by atoms with Gasteiger partial charge in [-0.25, -0.2) is 0 Å². The number of para-hydroxylation sites is 1. The standard InChI is InChI=1S/C19H25N3O.ClH/c1-2-21-11-14(15-5-3-4-6-18(15)21)9-19(23)22-10-13-7-8-17(20)16(13)12-22;/h3-6,11,13,16-17H,2,7-10,12,20H2,1H3;1H. The number of halogens is 1. The van der Waals surface area contributed by atoms with Crippen LogP contribution in [-0.2, 0) is 17.8 Å². The first kappa shape index (κ1) is 17.3. The maximum absolute atomic E-state index is 12.8. The molecule has 4 rings (SSSR count). The molecule has 3 unspecified atom stereocenters. The molecule has 5 heteroatoms. The molecule has 1 saturated heterocycles. The molecule has 1 amide bonds. The Bertz CT molecular complexity index is 741. The molecule has 1 aromatic carbocycles. The highest BCUT2D eigenvalue weighted by molar-refractivity contribution is 5.89. The van der Waals surface area contributed by atoms with Gasteiger partial charge in [0.25, 0.3) is 0 Å². The number of rotatable bonds is 3. The molecule has 3 atom stereocenters. The zero-order valence-electron chi connectivity index (χ0n) is 14.1. The third kappa shape index (κ3) is 2.82. The van der Waals surface area contributed by atoms with Crippen LogP contribution in [0.3, 0.4) is 0 Å². The van der Waals surface area contributed by atoms with Gasteiger partial charge in [0.15, 0.2) is 0 Å². The first-order chi connectivity index (χ1) is 11.2.